The molecule has 0 bridgehead atoms. The van der Waals surface area contributed by atoms with Crippen LogP contribution in [0.3, 0.4) is 0 Å². The summed E-state index contributed by atoms with van der Waals surface area (Å²) in [5.41, 5.74) is 0. The second-order valence-electron chi connectivity index (χ2n) is 2.09. The van der Waals surface area contributed by atoms with Gasteiger partial charge in [0.25, 0.3) is 0 Å². The number of hydrogen-bond donors (Lipinski definition) is 1. The molecule has 1 N–H and O–H groups in total. The quantitative estimate of drug-likeness (QED) is 0.486. The van der Waals surface area contributed by atoms with Crippen molar-refractivity contribution in [1.29, 1.82) is 0 Å². The van der Waals surface area contributed by atoms with Gasteiger partial charge < -0.3 is 10.1 Å². The first-order valence-corrected chi connectivity index (χ1v) is 3.97. The molecule has 0 unspecified atom stereocenters. The van der Waals surface area contributed by atoms with E-state index < -0.39 is 0 Å². The third-order valence-electron chi connectivity index (χ3n) is 1.11. The summed E-state index contributed by atoms with van der Waals surface area (Å²) in [7, 11) is 1.69. The molecule has 2 nitrogen and oxygen atoms in total. The van der Waals surface area contributed by atoms with Gasteiger partial charge in [-0.15, -0.1) is 0 Å². The Balaban J connectivity index is 3.05. The fraction of sp³-hybridized carbons (Fsp3) is 0.857. The lowest BCUT2D eigenvalue weighted by molar-refractivity contribution is 0.204. The second kappa shape index (κ2) is 6.96. The Kier molecular flexibility index (Phi) is 6.86. The Morgan fingerprint density at radius 1 is 1.60 bits per heavy atom. The van der Waals surface area contributed by atoms with Crippen LogP contribution < -0.4 is 5.32 Å². The minimum absolute atomic E-state index is 0.726. The van der Waals surface area contributed by atoms with Gasteiger partial charge in [0.05, 0.1) is 11.6 Å². The van der Waals surface area contributed by atoms with E-state index in [0.29, 0.717) is 0 Å². The molecule has 0 atom stereocenters. The molecular formula is C7H15NOS. The van der Waals surface area contributed by atoms with E-state index in [2.05, 4.69) is 12.2 Å². The van der Waals surface area contributed by atoms with E-state index in [4.69, 9.17) is 17.0 Å². The van der Waals surface area contributed by atoms with Crippen LogP contribution in [0.25, 0.3) is 0 Å². The van der Waals surface area contributed by atoms with Crippen LogP contribution >= 0.6 is 12.2 Å². The number of methoxy groups -OCH3 is 1. The van der Waals surface area contributed by atoms with Gasteiger partial charge in [0.15, 0.2) is 0 Å². The highest BCUT2D eigenvalue weighted by atomic mass is 32.1. The molecule has 0 heterocycles. The molecule has 0 aromatic heterocycles. The number of rotatable bonds is 5. The first-order chi connectivity index (χ1) is 4.81. The maximum atomic E-state index is 5.00. The van der Waals surface area contributed by atoms with E-state index in [0.717, 1.165) is 31.0 Å². The largest absolute Gasteiger partial charge is 0.383 e. The van der Waals surface area contributed by atoms with Crippen LogP contribution in [0.15, 0.2) is 0 Å². The molecule has 0 aliphatic carbocycles. The molecule has 10 heavy (non-hydrogen) atoms. The Morgan fingerprint density at radius 2 is 2.30 bits per heavy atom. The average molecular weight is 161 g/mol. The van der Waals surface area contributed by atoms with Gasteiger partial charge in [-0.3, -0.25) is 0 Å². The molecule has 0 rings (SSSR count). The molecule has 0 spiro atoms. The molecule has 0 fully saturated rings. The highest BCUT2D eigenvalue weighted by Gasteiger charge is 1.91. The molecule has 0 amide bonds. The monoisotopic (exact) mass is 161 g/mol. The van der Waals surface area contributed by atoms with E-state index >= 15 is 0 Å². The fourth-order valence-electron chi connectivity index (χ4n) is 0.608. The van der Waals surface area contributed by atoms with Crippen molar-refractivity contribution in [1.82, 2.24) is 5.32 Å². The standard InChI is InChI=1S/C7H15NOS/c1-3-4-7(10)8-5-6-9-2/h3-6H2,1-2H3,(H,8,10). The summed E-state index contributed by atoms with van der Waals surface area (Å²) >= 11 is 5.00. The minimum Gasteiger partial charge on any atom is -0.383 e. The Bertz CT molecular complexity index is 95.6. The van der Waals surface area contributed by atoms with Crippen LogP contribution in [-0.4, -0.2) is 25.2 Å². The van der Waals surface area contributed by atoms with Gasteiger partial charge in [0, 0.05) is 13.7 Å². The highest BCUT2D eigenvalue weighted by Crippen LogP contribution is 1.87. The molecular weight excluding hydrogens is 146 g/mol. The van der Waals surface area contributed by atoms with Gasteiger partial charge in [0.2, 0.25) is 0 Å². The summed E-state index contributed by atoms with van der Waals surface area (Å²) in [5, 5.41) is 3.09. The van der Waals surface area contributed by atoms with Crippen LogP contribution in [-0.2, 0) is 4.74 Å². The van der Waals surface area contributed by atoms with E-state index in [9.17, 15) is 0 Å². The molecule has 3 heteroatoms. The normalized spacial score (nSPS) is 9.40. The van der Waals surface area contributed by atoms with Gasteiger partial charge in [0.1, 0.15) is 0 Å². The van der Waals surface area contributed by atoms with Gasteiger partial charge in [-0.2, -0.15) is 0 Å². The third-order valence-corrected chi connectivity index (χ3v) is 1.45. The predicted molar refractivity (Wildman–Crippen MR) is 47.4 cm³/mol. The highest BCUT2D eigenvalue weighted by molar-refractivity contribution is 7.80. The van der Waals surface area contributed by atoms with Crippen LogP contribution in [0.2, 0.25) is 0 Å². The Labute approximate surface area is 68.0 Å². The lowest BCUT2D eigenvalue weighted by atomic mass is 10.3. The van der Waals surface area contributed by atoms with Gasteiger partial charge >= 0.3 is 0 Å². The molecule has 0 saturated heterocycles. The molecule has 0 aliphatic rings. The van der Waals surface area contributed by atoms with Crippen molar-refractivity contribution in [2.75, 3.05) is 20.3 Å². The summed E-state index contributed by atoms with van der Waals surface area (Å²) in [5.74, 6) is 0. The van der Waals surface area contributed by atoms with Crippen LogP contribution in [0.1, 0.15) is 19.8 Å². The van der Waals surface area contributed by atoms with Crippen molar-refractivity contribution < 1.29 is 4.74 Å². The lowest BCUT2D eigenvalue weighted by Crippen LogP contribution is -2.24. The Morgan fingerprint density at radius 3 is 2.80 bits per heavy atom. The summed E-state index contributed by atoms with van der Waals surface area (Å²) in [6.45, 7) is 3.67. The molecule has 0 aromatic rings. The fourth-order valence-corrected chi connectivity index (χ4v) is 0.914. The smallest absolute Gasteiger partial charge is 0.0754 e. The number of nitrogens with one attached hydrogen (secondary N) is 1. The lowest BCUT2D eigenvalue weighted by Gasteiger charge is -2.04. The molecule has 0 saturated carbocycles. The van der Waals surface area contributed by atoms with E-state index in [1.807, 2.05) is 0 Å². The van der Waals surface area contributed by atoms with Gasteiger partial charge in [-0.05, 0) is 12.8 Å². The van der Waals surface area contributed by atoms with Crippen molar-refractivity contribution in [3.8, 4) is 0 Å². The van der Waals surface area contributed by atoms with Gasteiger partial charge in [-0.1, -0.05) is 19.1 Å². The topological polar surface area (TPSA) is 21.3 Å². The van der Waals surface area contributed by atoms with E-state index in [-0.39, 0.29) is 0 Å². The van der Waals surface area contributed by atoms with Crippen LogP contribution in [0, 0.1) is 0 Å². The number of hydrogen-bond acceptors (Lipinski definition) is 2. The molecule has 0 aliphatic heterocycles. The summed E-state index contributed by atoms with van der Waals surface area (Å²) in [4.78, 5) is 0.944. The zero-order chi connectivity index (χ0) is 7.82. The zero-order valence-electron chi connectivity index (χ0n) is 6.64. The Hall–Kier alpha value is -0.150. The van der Waals surface area contributed by atoms with Crippen molar-refractivity contribution in [3.05, 3.63) is 0 Å². The predicted octanol–water partition coefficient (Wildman–Crippen LogP) is 1.35. The van der Waals surface area contributed by atoms with Crippen molar-refractivity contribution >= 4 is 17.2 Å². The third kappa shape index (κ3) is 5.98. The maximum absolute atomic E-state index is 5.00. The summed E-state index contributed by atoms with van der Waals surface area (Å²) in [6, 6.07) is 0. The van der Waals surface area contributed by atoms with Crippen LogP contribution in [0.5, 0.6) is 0 Å². The summed E-state index contributed by atoms with van der Waals surface area (Å²) < 4.78 is 4.85. The summed E-state index contributed by atoms with van der Waals surface area (Å²) in [6.07, 6.45) is 2.10. The SMILES string of the molecule is CCCC(=S)NCCOC. The molecule has 0 radical (unpaired) electrons. The zero-order valence-corrected chi connectivity index (χ0v) is 7.46. The first kappa shape index (κ1) is 9.85. The first-order valence-electron chi connectivity index (χ1n) is 3.57. The number of ether oxygens (including phenoxy) is 1. The maximum Gasteiger partial charge on any atom is 0.0754 e. The number of thiocarbonyl (C=S) groups is 1. The average Bonchev–Trinajstić information content (AvgIpc) is 1.89. The van der Waals surface area contributed by atoms with Crippen molar-refractivity contribution in [2.24, 2.45) is 0 Å². The van der Waals surface area contributed by atoms with E-state index in [1.165, 1.54) is 0 Å². The van der Waals surface area contributed by atoms with E-state index in [1.54, 1.807) is 7.11 Å². The van der Waals surface area contributed by atoms with Crippen molar-refractivity contribution in [2.45, 2.75) is 19.8 Å². The molecule has 60 valence electrons. The van der Waals surface area contributed by atoms with Gasteiger partial charge in [-0.25, -0.2) is 0 Å². The van der Waals surface area contributed by atoms with Crippen LogP contribution in [0.4, 0.5) is 0 Å². The van der Waals surface area contributed by atoms with Crippen molar-refractivity contribution in [3.63, 3.8) is 0 Å². The second-order valence-corrected chi connectivity index (χ2v) is 2.59. The molecule has 0 aromatic carbocycles. The minimum atomic E-state index is 0.726.